The van der Waals surface area contributed by atoms with Gasteiger partial charge in [-0.1, -0.05) is 49.6 Å². The van der Waals surface area contributed by atoms with E-state index in [9.17, 15) is 0 Å². The Morgan fingerprint density at radius 1 is 1.18 bits per heavy atom. The second kappa shape index (κ2) is 3.20. The zero-order valence-corrected chi connectivity index (χ0v) is 6.64. The van der Waals surface area contributed by atoms with Crippen LogP contribution in [0.3, 0.4) is 0 Å². The molecule has 0 spiro atoms. The van der Waals surface area contributed by atoms with Gasteiger partial charge >= 0.3 is 0 Å². The second-order valence-corrected chi connectivity index (χ2v) is 2.56. The fraction of sp³-hybridized carbons (Fsp3) is 0.0909. The molecule has 0 saturated carbocycles. The van der Waals surface area contributed by atoms with Gasteiger partial charge in [0.05, 0.1) is 0 Å². The molecule has 0 nitrogen and oxygen atoms in total. The first-order chi connectivity index (χ1) is 5.27. The van der Waals surface area contributed by atoms with E-state index < -0.39 is 0 Å². The Morgan fingerprint density at radius 2 is 1.91 bits per heavy atom. The third-order valence-electron chi connectivity index (χ3n) is 1.75. The quantitative estimate of drug-likeness (QED) is 0.558. The summed E-state index contributed by atoms with van der Waals surface area (Å²) >= 11 is 0. The van der Waals surface area contributed by atoms with Crippen LogP contribution in [0.1, 0.15) is 6.42 Å². The minimum Gasteiger partial charge on any atom is -0.0988 e. The Bertz CT molecular complexity index is 262. The van der Waals surface area contributed by atoms with Crippen molar-refractivity contribution in [3.63, 3.8) is 0 Å². The summed E-state index contributed by atoms with van der Waals surface area (Å²) in [5, 5.41) is 0. The van der Waals surface area contributed by atoms with Gasteiger partial charge in [-0.25, -0.2) is 0 Å². The lowest BCUT2D eigenvalue weighted by Gasteiger charge is -2.10. The van der Waals surface area contributed by atoms with Crippen LogP contribution in [0.5, 0.6) is 0 Å². The molecule has 1 rings (SSSR count). The normalized spacial score (nSPS) is 16.9. The van der Waals surface area contributed by atoms with Gasteiger partial charge in [0.25, 0.3) is 0 Å². The summed E-state index contributed by atoms with van der Waals surface area (Å²) in [6.45, 7) is 11.3. The van der Waals surface area contributed by atoms with Gasteiger partial charge in [-0.05, 0) is 17.6 Å². The van der Waals surface area contributed by atoms with Crippen molar-refractivity contribution < 1.29 is 0 Å². The molecule has 0 bridgehead atoms. The molecule has 0 heterocycles. The number of rotatable bonds is 2. The molecular formula is C11H12. The minimum atomic E-state index is 0.904. The first kappa shape index (κ1) is 7.80. The van der Waals surface area contributed by atoms with E-state index in [1.807, 2.05) is 24.3 Å². The average Bonchev–Trinajstić information content (AvgIpc) is 2.04. The predicted molar refractivity (Wildman–Crippen MR) is 50.3 cm³/mol. The molecule has 0 aromatic carbocycles. The molecule has 0 aliphatic heterocycles. The Balaban J connectivity index is 3.02. The molecule has 0 N–H and O–H groups in total. The smallest absolute Gasteiger partial charge is 0.00259 e. The van der Waals surface area contributed by atoms with E-state index in [2.05, 4.69) is 19.7 Å². The Kier molecular flexibility index (Phi) is 2.27. The van der Waals surface area contributed by atoms with Crippen molar-refractivity contribution in [2.45, 2.75) is 6.42 Å². The van der Waals surface area contributed by atoms with E-state index in [0.29, 0.717) is 0 Å². The van der Waals surface area contributed by atoms with E-state index in [0.717, 1.165) is 17.6 Å². The SMILES string of the molecule is C=CC1=C(C=C)CC(=C)C=C1. The largest absolute Gasteiger partial charge is 0.0988 e. The van der Waals surface area contributed by atoms with Crippen LogP contribution in [0.25, 0.3) is 0 Å². The van der Waals surface area contributed by atoms with Crippen molar-refractivity contribution in [1.29, 1.82) is 0 Å². The highest BCUT2D eigenvalue weighted by atomic mass is 14.1. The summed E-state index contributed by atoms with van der Waals surface area (Å²) in [4.78, 5) is 0. The summed E-state index contributed by atoms with van der Waals surface area (Å²) in [7, 11) is 0. The second-order valence-electron chi connectivity index (χ2n) is 2.56. The fourth-order valence-corrected chi connectivity index (χ4v) is 1.11. The standard InChI is InChI=1S/C11H12/c1-4-10-7-6-9(3)8-11(10)5-2/h4-7H,1-3,8H2. The summed E-state index contributed by atoms with van der Waals surface area (Å²) in [5.74, 6) is 0. The number of hydrogen-bond donors (Lipinski definition) is 0. The van der Waals surface area contributed by atoms with Crippen LogP contribution in [0, 0.1) is 0 Å². The van der Waals surface area contributed by atoms with Gasteiger partial charge in [-0.2, -0.15) is 0 Å². The maximum atomic E-state index is 3.88. The highest BCUT2D eigenvalue weighted by molar-refractivity contribution is 5.48. The lowest BCUT2D eigenvalue weighted by atomic mass is 9.95. The lowest BCUT2D eigenvalue weighted by molar-refractivity contribution is 1.17. The van der Waals surface area contributed by atoms with Gasteiger partial charge in [0.2, 0.25) is 0 Å². The highest BCUT2D eigenvalue weighted by Crippen LogP contribution is 2.22. The van der Waals surface area contributed by atoms with Crippen LogP contribution in [0.4, 0.5) is 0 Å². The Hall–Kier alpha value is -1.30. The molecule has 56 valence electrons. The fourth-order valence-electron chi connectivity index (χ4n) is 1.11. The number of hydrogen-bond acceptors (Lipinski definition) is 0. The van der Waals surface area contributed by atoms with E-state index in [1.165, 1.54) is 5.57 Å². The van der Waals surface area contributed by atoms with E-state index >= 15 is 0 Å². The summed E-state index contributed by atoms with van der Waals surface area (Å²) in [6, 6.07) is 0. The van der Waals surface area contributed by atoms with Crippen molar-refractivity contribution in [3.05, 3.63) is 60.8 Å². The Morgan fingerprint density at radius 3 is 2.45 bits per heavy atom. The van der Waals surface area contributed by atoms with Gasteiger partial charge < -0.3 is 0 Å². The molecule has 1 aliphatic rings. The topological polar surface area (TPSA) is 0 Å². The molecule has 1 aliphatic carbocycles. The third kappa shape index (κ3) is 1.58. The van der Waals surface area contributed by atoms with Crippen LogP contribution in [-0.4, -0.2) is 0 Å². The van der Waals surface area contributed by atoms with Crippen LogP contribution < -0.4 is 0 Å². The molecule has 0 saturated heterocycles. The Labute approximate surface area is 67.9 Å². The van der Waals surface area contributed by atoms with Crippen molar-refractivity contribution in [2.75, 3.05) is 0 Å². The van der Waals surface area contributed by atoms with E-state index in [1.54, 1.807) is 0 Å². The van der Waals surface area contributed by atoms with E-state index in [4.69, 9.17) is 0 Å². The van der Waals surface area contributed by atoms with Crippen LogP contribution in [-0.2, 0) is 0 Å². The minimum absolute atomic E-state index is 0.904. The first-order valence-electron chi connectivity index (χ1n) is 3.62. The molecule has 0 heteroatoms. The summed E-state index contributed by atoms with van der Waals surface area (Å²) < 4.78 is 0. The van der Waals surface area contributed by atoms with Crippen molar-refractivity contribution in [1.82, 2.24) is 0 Å². The van der Waals surface area contributed by atoms with Gasteiger partial charge in [0.1, 0.15) is 0 Å². The van der Waals surface area contributed by atoms with Crippen LogP contribution in [0.15, 0.2) is 60.8 Å². The van der Waals surface area contributed by atoms with Gasteiger partial charge in [0, 0.05) is 0 Å². The van der Waals surface area contributed by atoms with Crippen LogP contribution >= 0.6 is 0 Å². The van der Waals surface area contributed by atoms with Crippen LogP contribution in [0.2, 0.25) is 0 Å². The molecule has 0 amide bonds. The maximum Gasteiger partial charge on any atom is -0.00259 e. The van der Waals surface area contributed by atoms with Crippen molar-refractivity contribution in [3.8, 4) is 0 Å². The monoisotopic (exact) mass is 144 g/mol. The molecule has 0 atom stereocenters. The zero-order valence-electron chi connectivity index (χ0n) is 6.64. The molecule has 0 aromatic heterocycles. The van der Waals surface area contributed by atoms with Crippen molar-refractivity contribution in [2.24, 2.45) is 0 Å². The first-order valence-corrected chi connectivity index (χ1v) is 3.62. The molecular weight excluding hydrogens is 132 g/mol. The molecule has 11 heavy (non-hydrogen) atoms. The van der Waals surface area contributed by atoms with E-state index in [-0.39, 0.29) is 0 Å². The summed E-state index contributed by atoms with van der Waals surface area (Å²) in [6.07, 6.45) is 8.66. The van der Waals surface area contributed by atoms with Gasteiger partial charge in [-0.15, -0.1) is 0 Å². The van der Waals surface area contributed by atoms with Gasteiger partial charge in [-0.3, -0.25) is 0 Å². The zero-order chi connectivity index (χ0) is 8.27. The molecule has 0 unspecified atom stereocenters. The van der Waals surface area contributed by atoms with Crippen molar-refractivity contribution >= 4 is 0 Å². The summed E-state index contributed by atoms with van der Waals surface area (Å²) in [5.41, 5.74) is 3.51. The molecule has 0 aromatic rings. The molecule has 0 fully saturated rings. The molecule has 0 radical (unpaired) electrons. The highest BCUT2D eigenvalue weighted by Gasteiger charge is 2.03. The predicted octanol–water partition coefficient (Wildman–Crippen LogP) is 3.17. The van der Waals surface area contributed by atoms with Gasteiger partial charge in [0.15, 0.2) is 0 Å². The average molecular weight is 144 g/mol. The number of allylic oxidation sites excluding steroid dienone is 7. The third-order valence-corrected chi connectivity index (χ3v) is 1.75. The maximum absolute atomic E-state index is 3.88. The lowest BCUT2D eigenvalue weighted by Crippen LogP contribution is -1.91.